The van der Waals surface area contributed by atoms with Gasteiger partial charge in [-0.05, 0) is 31.0 Å². The molecule has 0 unspecified atom stereocenters. The number of carboxylic acids is 1. The van der Waals surface area contributed by atoms with Crippen LogP contribution in [0.15, 0.2) is 29.2 Å². The summed E-state index contributed by atoms with van der Waals surface area (Å²) in [7, 11) is -2.27. The van der Waals surface area contributed by atoms with Gasteiger partial charge in [0.2, 0.25) is 10.0 Å². The molecule has 0 radical (unpaired) electrons. The Balaban J connectivity index is 2.15. The van der Waals surface area contributed by atoms with Gasteiger partial charge in [-0.1, -0.05) is 6.07 Å². The Morgan fingerprint density at radius 3 is 2.84 bits per heavy atom. The summed E-state index contributed by atoms with van der Waals surface area (Å²) in [6.07, 6.45) is 1.15. The summed E-state index contributed by atoms with van der Waals surface area (Å²) in [6, 6.07) is 5.74. The van der Waals surface area contributed by atoms with Crippen molar-refractivity contribution in [2.45, 2.75) is 17.7 Å². The number of amides is 1. The van der Waals surface area contributed by atoms with E-state index in [4.69, 9.17) is 9.84 Å². The molecule has 0 saturated carbocycles. The molecule has 1 fully saturated rings. The molecule has 1 aromatic carbocycles. The van der Waals surface area contributed by atoms with Gasteiger partial charge in [0.05, 0.1) is 17.4 Å². The number of likely N-dealkylation sites (tertiary alicyclic amines) is 1. The lowest BCUT2D eigenvalue weighted by molar-refractivity contribution is -0.143. The Kier molecular flexibility index (Phi) is 6.51. The quantitative estimate of drug-likeness (QED) is 0.678. The summed E-state index contributed by atoms with van der Waals surface area (Å²) in [5.41, 5.74) is 0.223. The smallest absolute Gasteiger partial charge is 0.308 e. The fourth-order valence-corrected chi connectivity index (χ4v) is 3.76. The van der Waals surface area contributed by atoms with E-state index in [2.05, 4.69) is 4.72 Å². The molecule has 0 aromatic heterocycles. The highest BCUT2D eigenvalue weighted by atomic mass is 32.2. The number of carbonyl (C=O) groups excluding carboxylic acids is 1. The number of methoxy groups -OCH3 is 1. The summed E-state index contributed by atoms with van der Waals surface area (Å²) >= 11 is 0. The third-order valence-corrected chi connectivity index (χ3v) is 5.51. The van der Waals surface area contributed by atoms with E-state index in [0.29, 0.717) is 19.4 Å². The van der Waals surface area contributed by atoms with Crippen molar-refractivity contribution in [3.05, 3.63) is 29.8 Å². The number of carbonyl (C=O) groups is 2. The topological polar surface area (TPSA) is 113 Å². The maximum Gasteiger partial charge on any atom is 0.308 e. The van der Waals surface area contributed by atoms with E-state index in [1.54, 1.807) is 0 Å². The number of benzene rings is 1. The average Bonchev–Trinajstić information content (AvgIpc) is 2.61. The average molecular weight is 370 g/mol. The molecule has 1 amide bonds. The predicted molar refractivity (Wildman–Crippen MR) is 89.8 cm³/mol. The molecule has 2 rings (SSSR count). The van der Waals surface area contributed by atoms with Crippen LogP contribution in [0, 0.1) is 5.92 Å². The summed E-state index contributed by atoms with van der Waals surface area (Å²) in [5, 5.41) is 9.13. The van der Waals surface area contributed by atoms with Gasteiger partial charge in [0.25, 0.3) is 5.91 Å². The molecule has 9 heteroatoms. The minimum Gasteiger partial charge on any atom is -0.481 e. The van der Waals surface area contributed by atoms with E-state index in [0.717, 1.165) is 0 Å². The minimum absolute atomic E-state index is 0.0127. The van der Waals surface area contributed by atoms with Gasteiger partial charge in [0.15, 0.2) is 0 Å². The number of aliphatic carboxylic acids is 1. The Hall–Kier alpha value is -1.97. The van der Waals surface area contributed by atoms with Crippen LogP contribution in [-0.2, 0) is 19.6 Å². The fourth-order valence-electron chi connectivity index (χ4n) is 2.70. The molecule has 1 atom stereocenters. The van der Waals surface area contributed by atoms with Crippen molar-refractivity contribution >= 4 is 21.9 Å². The molecular formula is C16H22N2O6S. The van der Waals surface area contributed by atoms with Crippen LogP contribution in [0.25, 0.3) is 0 Å². The zero-order chi connectivity index (χ0) is 18.4. The second kappa shape index (κ2) is 8.41. The molecule has 1 aromatic rings. The lowest BCUT2D eigenvalue weighted by atomic mass is 9.97. The molecule has 138 valence electrons. The van der Waals surface area contributed by atoms with Crippen molar-refractivity contribution < 1.29 is 27.9 Å². The summed E-state index contributed by atoms with van der Waals surface area (Å²) in [5.74, 6) is -1.86. The zero-order valence-electron chi connectivity index (χ0n) is 14.0. The molecule has 1 aliphatic heterocycles. The highest BCUT2D eigenvalue weighted by Gasteiger charge is 2.29. The second-order valence-corrected chi connectivity index (χ2v) is 7.61. The van der Waals surface area contributed by atoms with Crippen LogP contribution < -0.4 is 4.72 Å². The molecule has 25 heavy (non-hydrogen) atoms. The van der Waals surface area contributed by atoms with Crippen molar-refractivity contribution in [1.82, 2.24) is 9.62 Å². The maximum atomic E-state index is 12.6. The lowest BCUT2D eigenvalue weighted by Gasteiger charge is -2.30. The van der Waals surface area contributed by atoms with Crippen LogP contribution in [0.3, 0.4) is 0 Å². The molecule has 0 bridgehead atoms. The highest BCUT2D eigenvalue weighted by Crippen LogP contribution is 2.20. The van der Waals surface area contributed by atoms with Crippen LogP contribution in [0.5, 0.6) is 0 Å². The van der Waals surface area contributed by atoms with Gasteiger partial charge < -0.3 is 14.7 Å². The molecule has 1 saturated heterocycles. The molecule has 0 spiro atoms. The Morgan fingerprint density at radius 1 is 1.40 bits per heavy atom. The Bertz CT molecular complexity index is 734. The fraction of sp³-hybridized carbons (Fsp3) is 0.500. The van der Waals surface area contributed by atoms with E-state index < -0.39 is 21.9 Å². The van der Waals surface area contributed by atoms with Crippen LogP contribution in [0.1, 0.15) is 23.2 Å². The van der Waals surface area contributed by atoms with E-state index in [-0.39, 0.29) is 36.1 Å². The first-order chi connectivity index (χ1) is 11.8. The van der Waals surface area contributed by atoms with Gasteiger partial charge in [-0.3, -0.25) is 9.59 Å². The van der Waals surface area contributed by atoms with Gasteiger partial charge in [0, 0.05) is 32.3 Å². The Labute approximate surface area is 146 Å². The number of rotatable bonds is 7. The van der Waals surface area contributed by atoms with E-state index in [1.807, 2.05) is 0 Å². The van der Waals surface area contributed by atoms with E-state index in [9.17, 15) is 18.0 Å². The van der Waals surface area contributed by atoms with Gasteiger partial charge in [0.1, 0.15) is 0 Å². The molecule has 8 nitrogen and oxygen atoms in total. The van der Waals surface area contributed by atoms with Crippen molar-refractivity contribution in [2.75, 3.05) is 33.4 Å². The van der Waals surface area contributed by atoms with E-state index in [1.165, 1.54) is 36.3 Å². The zero-order valence-corrected chi connectivity index (χ0v) is 14.8. The Morgan fingerprint density at radius 2 is 2.16 bits per heavy atom. The number of piperidine rings is 1. The van der Waals surface area contributed by atoms with Crippen molar-refractivity contribution in [3.8, 4) is 0 Å². The van der Waals surface area contributed by atoms with Crippen LogP contribution in [0.4, 0.5) is 0 Å². The number of hydrogen-bond donors (Lipinski definition) is 2. The van der Waals surface area contributed by atoms with Crippen LogP contribution >= 0.6 is 0 Å². The summed E-state index contributed by atoms with van der Waals surface area (Å²) in [6.45, 7) is 0.967. The second-order valence-electron chi connectivity index (χ2n) is 5.85. The summed E-state index contributed by atoms with van der Waals surface area (Å²) in [4.78, 5) is 25.2. The third-order valence-electron chi connectivity index (χ3n) is 4.05. The number of nitrogens with zero attached hydrogens (tertiary/aromatic N) is 1. The normalized spacial score (nSPS) is 18.1. The van der Waals surface area contributed by atoms with Gasteiger partial charge in [-0.2, -0.15) is 0 Å². The lowest BCUT2D eigenvalue weighted by Crippen LogP contribution is -2.42. The predicted octanol–water partition coefficient (Wildman–Crippen LogP) is 0.548. The first-order valence-corrected chi connectivity index (χ1v) is 9.44. The van der Waals surface area contributed by atoms with Crippen molar-refractivity contribution in [1.29, 1.82) is 0 Å². The standard InChI is InChI=1S/C16H22N2O6S/c1-24-9-7-17-25(22,23)14-6-2-4-12(10-14)15(19)18-8-3-5-13(11-18)16(20)21/h2,4,6,10,13,17H,3,5,7-9,11H2,1H3,(H,20,21)/t13-/m0/s1. The first-order valence-electron chi connectivity index (χ1n) is 7.96. The summed E-state index contributed by atoms with van der Waals surface area (Å²) < 4.78 is 31.7. The number of nitrogens with one attached hydrogen (secondary N) is 1. The van der Waals surface area contributed by atoms with Crippen LogP contribution in [0.2, 0.25) is 0 Å². The molecule has 1 aliphatic rings. The third kappa shape index (κ3) is 5.00. The number of hydrogen-bond acceptors (Lipinski definition) is 5. The molecular weight excluding hydrogens is 348 g/mol. The minimum atomic E-state index is -3.74. The molecule has 1 heterocycles. The largest absolute Gasteiger partial charge is 0.481 e. The van der Waals surface area contributed by atoms with Gasteiger partial charge in [-0.15, -0.1) is 0 Å². The number of carboxylic acid groups (broad SMARTS) is 1. The van der Waals surface area contributed by atoms with Crippen molar-refractivity contribution in [3.63, 3.8) is 0 Å². The van der Waals surface area contributed by atoms with E-state index >= 15 is 0 Å². The first kappa shape index (κ1) is 19.4. The molecule has 0 aliphatic carbocycles. The maximum absolute atomic E-state index is 12.6. The SMILES string of the molecule is COCCNS(=O)(=O)c1cccc(C(=O)N2CCC[C@H](C(=O)O)C2)c1. The number of ether oxygens (including phenoxy) is 1. The highest BCUT2D eigenvalue weighted by molar-refractivity contribution is 7.89. The van der Waals surface area contributed by atoms with Gasteiger partial charge in [-0.25, -0.2) is 13.1 Å². The number of sulfonamides is 1. The van der Waals surface area contributed by atoms with Gasteiger partial charge >= 0.3 is 5.97 Å². The van der Waals surface area contributed by atoms with Crippen LogP contribution in [-0.4, -0.2) is 63.7 Å². The monoisotopic (exact) mass is 370 g/mol. The molecule has 2 N–H and O–H groups in total. The van der Waals surface area contributed by atoms with Crippen molar-refractivity contribution in [2.24, 2.45) is 5.92 Å².